The molecule has 2 heterocycles. The van der Waals surface area contributed by atoms with Gasteiger partial charge < -0.3 is 15.0 Å². The number of rotatable bonds is 4. The third-order valence-electron chi connectivity index (χ3n) is 4.30. The van der Waals surface area contributed by atoms with Crippen molar-refractivity contribution in [1.82, 2.24) is 10.2 Å². The van der Waals surface area contributed by atoms with Crippen molar-refractivity contribution in [2.75, 3.05) is 26.7 Å². The van der Waals surface area contributed by atoms with Gasteiger partial charge in [0, 0.05) is 26.2 Å². The fraction of sp³-hybridized carbons (Fsp3) is 0.929. The van der Waals surface area contributed by atoms with Gasteiger partial charge in [-0.1, -0.05) is 6.42 Å². The zero-order chi connectivity index (χ0) is 13.0. The van der Waals surface area contributed by atoms with Crippen LogP contribution in [0.5, 0.6) is 0 Å². The maximum atomic E-state index is 12.3. The van der Waals surface area contributed by atoms with Crippen molar-refractivity contribution >= 4 is 5.91 Å². The minimum absolute atomic E-state index is 0.0781. The van der Waals surface area contributed by atoms with E-state index in [0.29, 0.717) is 6.04 Å². The maximum absolute atomic E-state index is 12.3. The van der Waals surface area contributed by atoms with E-state index in [0.717, 1.165) is 32.5 Å². The fourth-order valence-electron chi connectivity index (χ4n) is 2.97. The van der Waals surface area contributed by atoms with Crippen LogP contribution < -0.4 is 5.32 Å². The third kappa shape index (κ3) is 3.45. The number of nitrogens with zero attached hydrogens (tertiary/aromatic N) is 1. The molecule has 4 nitrogen and oxygen atoms in total. The molecule has 3 unspecified atom stereocenters. The van der Waals surface area contributed by atoms with Crippen molar-refractivity contribution in [2.45, 2.75) is 51.2 Å². The first kappa shape index (κ1) is 13.8. The van der Waals surface area contributed by atoms with Crippen LogP contribution in [0.25, 0.3) is 0 Å². The van der Waals surface area contributed by atoms with Gasteiger partial charge in [-0.15, -0.1) is 0 Å². The molecule has 0 aromatic rings. The first-order chi connectivity index (χ1) is 8.68. The van der Waals surface area contributed by atoms with E-state index < -0.39 is 0 Å². The Morgan fingerprint density at radius 1 is 1.39 bits per heavy atom. The summed E-state index contributed by atoms with van der Waals surface area (Å²) in [7, 11) is 1.93. The number of carbonyl (C=O) groups is 1. The minimum atomic E-state index is 0.0781. The molecule has 3 atom stereocenters. The number of piperidine rings is 1. The molecule has 1 N–H and O–H groups in total. The second kappa shape index (κ2) is 6.53. The van der Waals surface area contributed by atoms with E-state index in [1.807, 2.05) is 18.9 Å². The summed E-state index contributed by atoms with van der Waals surface area (Å²) in [6, 6.07) is 0.603. The third-order valence-corrected chi connectivity index (χ3v) is 4.30. The van der Waals surface area contributed by atoms with E-state index >= 15 is 0 Å². The monoisotopic (exact) mass is 254 g/mol. The van der Waals surface area contributed by atoms with E-state index in [1.54, 1.807) is 0 Å². The van der Waals surface area contributed by atoms with Crippen LogP contribution in [-0.4, -0.2) is 49.7 Å². The Kier molecular flexibility index (Phi) is 5.01. The maximum Gasteiger partial charge on any atom is 0.228 e. The summed E-state index contributed by atoms with van der Waals surface area (Å²) >= 11 is 0. The van der Waals surface area contributed by atoms with E-state index in [4.69, 9.17) is 4.74 Å². The molecule has 0 spiro atoms. The van der Waals surface area contributed by atoms with Crippen molar-refractivity contribution in [3.8, 4) is 0 Å². The predicted octanol–water partition coefficient (Wildman–Crippen LogP) is 1.40. The largest absolute Gasteiger partial charge is 0.378 e. The summed E-state index contributed by atoms with van der Waals surface area (Å²) < 4.78 is 5.47. The molecular formula is C14H26N2O2. The lowest BCUT2D eigenvalue weighted by atomic mass is 9.99. The first-order valence-electron chi connectivity index (χ1n) is 7.28. The van der Waals surface area contributed by atoms with E-state index in [1.165, 1.54) is 19.3 Å². The quantitative estimate of drug-likeness (QED) is 0.824. The zero-order valence-electron chi connectivity index (χ0n) is 11.7. The number of ether oxygens (including phenoxy) is 1. The van der Waals surface area contributed by atoms with Gasteiger partial charge >= 0.3 is 0 Å². The normalized spacial score (nSPS) is 32.4. The zero-order valence-corrected chi connectivity index (χ0v) is 11.7. The Morgan fingerprint density at radius 3 is 2.83 bits per heavy atom. The molecule has 2 rings (SSSR count). The summed E-state index contributed by atoms with van der Waals surface area (Å²) in [5.41, 5.74) is 0. The lowest BCUT2D eigenvalue weighted by molar-refractivity contribution is -0.135. The predicted molar refractivity (Wildman–Crippen MR) is 71.4 cm³/mol. The molecule has 2 aliphatic rings. The lowest BCUT2D eigenvalue weighted by Gasteiger charge is -2.27. The molecule has 0 aromatic heterocycles. The average Bonchev–Trinajstić information content (AvgIpc) is 2.82. The Labute approximate surface area is 110 Å². The highest BCUT2D eigenvalue weighted by atomic mass is 16.5. The molecule has 0 bridgehead atoms. The molecule has 0 radical (unpaired) electrons. The van der Waals surface area contributed by atoms with Gasteiger partial charge in [0.15, 0.2) is 0 Å². The van der Waals surface area contributed by atoms with Gasteiger partial charge in [-0.2, -0.15) is 0 Å². The molecule has 0 aromatic carbocycles. The summed E-state index contributed by atoms with van der Waals surface area (Å²) in [4.78, 5) is 14.1. The van der Waals surface area contributed by atoms with Crippen LogP contribution in [0.2, 0.25) is 0 Å². The molecule has 2 aliphatic heterocycles. The summed E-state index contributed by atoms with van der Waals surface area (Å²) in [5.74, 6) is 0.338. The summed E-state index contributed by atoms with van der Waals surface area (Å²) in [6.07, 6.45) is 5.92. The lowest BCUT2D eigenvalue weighted by Crippen LogP contribution is -2.40. The van der Waals surface area contributed by atoms with E-state index in [2.05, 4.69) is 5.32 Å². The minimum Gasteiger partial charge on any atom is -0.378 e. The van der Waals surface area contributed by atoms with Crippen molar-refractivity contribution in [3.63, 3.8) is 0 Å². The van der Waals surface area contributed by atoms with E-state index in [9.17, 15) is 4.79 Å². The van der Waals surface area contributed by atoms with Crippen LogP contribution in [0.1, 0.15) is 39.0 Å². The topological polar surface area (TPSA) is 41.6 Å². The van der Waals surface area contributed by atoms with Crippen LogP contribution in [0.4, 0.5) is 0 Å². The first-order valence-corrected chi connectivity index (χ1v) is 7.28. The Bertz CT molecular complexity index is 277. The summed E-state index contributed by atoms with van der Waals surface area (Å²) in [6.45, 7) is 4.73. The number of nitrogens with one attached hydrogen (secondary N) is 1. The molecule has 2 saturated heterocycles. The fourth-order valence-corrected chi connectivity index (χ4v) is 2.97. The van der Waals surface area contributed by atoms with E-state index in [-0.39, 0.29) is 17.9 Å². The molecule has 104 valence electrons. The van der Waals surface area contributed by atoms with Crippen molar-refractivity contribution in [2.24, 2.45) is 5.92 Å². The molecule has 0 saturated carbocycles. The van der Waals surface area contributed by atoms with Crippen LogP contribution in [0, 0.1) is 5.92 Å². The Hall–Kier alpha value is -0.610. The molecular weight excluding hydrogens is 228 g/mol. The van der Waals surface area contributed by atoms with Crippen molar-refractivity contribution in [1.29, 1.82) is 0 Å². The average molecular weight is 254 g/mol. The van der Waals surface area contributed by atoms with Crippen LogP contribution in [0.3, 0.4) is 0 Å². The summed E-state index contributed by atoms with van der Waals surface area (Å²) in [5, 5.41) is 3.53. The Balaban J connectivity index is 1.73. The Morgan fingerprint density at radius 2 is 2.22 bits per heavy atom. The van der Waals surface area contributed by atoms with Crippen LogP contribution >= 0.6 is 0 Å². The number of hydrogen-bond donors (Lipinski definition) is 1. The van der Waals surface area contributed by atoms with Crippen LogP contribution in [-0.2, 0) is 9.53 Å². The second-order valence-electron chi connectivity index (χ2n) is 5.67. The number of amides is 1. The van der Waals surface area contributed by atoms with Gasteiger partial charge in [0.2, 0.25) is 5.91 Å². The smallest absolute Gasteiger partial charge is 0.228 e. The highest BCUT2D eigenvalue weighted by Gasteiger charge is 2.32. The number of hydrogen-bond acceptors (Lipinski definition) is 3. The second-order valence-corrected chi connectivity index (χ2v) is 5.67. The molecule has 18 heavy (non-hydrogen) atoms. The van der Waals surface area contributed by atoms with Crippen molar-refractivity contribution < 1.29 is 9.53 Å². The standard InChI is InChI=1S/C14H26N2O2/c1-11-13(7-10-18-11)14(17)16(2)9-6-12-5-3-4-8-15-12/h11-13,15H,3-10H2,1-2H3. The van der Waals surface area contributed by atoms with Gasteiger partial charge in [-0.3, -0.25) is 4.79 Å². The van der Waals surface area contributed by atoms with Gasteiger partial charge in [0.05, 0.1) is 12.0 Å². The van der Waals surface area contributed by atoms with Crippen LogP contribution in [0.15, 0.2) is 0 Å². The van der Waals surface area contributed by atoms with Gasteiger partial charge in [0.25, 0.3) is 0 Å². The highest BCUT2D eigenvalue weighted by molar-refractivity contribution is 5.79. The van der Waals surface area contributed by atoms with Gasteiger partial charge in [-0.25, -0.2) is 0 Å². The molecule has 0 aliphatic carbocycles. The molecule has 1 amide bonds. The van der Waals surface area contributed by atoms with Gasteiger partial charge in [0.1, 0.15) is 0 Å². The van der Waals surface area contributed by atoms with Crippen molar-refractivity contribution in [3.05, 3.63) is 0 Å². The van der Waals surface area contributed by atoms with Gasteiger partial charge in [-0.05, 0) is 39.2 Å². The molecule has 4 heteroatoms. The highest BCUT2D eigenvalue weighted by Crippen LogP contribution is 2.22. The SMILES string of the molecule is CC1OCCC1C(=O)N(C)CCC1CCCCN1. The molecule has 2 fully saturated rings. The number of carbonyl (C=O) groups excluding carboxylic acids is 1.